The van der Waals surface area contributed by atoms with Gasteiger partial charge in [0, 0.05) is 25.7 Å². The number of carbonyl (C=O) groups is 4. The fourth-order valence-corrected chi connectivity index (χ4v) is 13.1. The normalized spacial score (nSPS) is 14.6. The first-order valence-electron chi connectivity index (χ1n) is 39.4. The van der Waals surface area contributed by atoms with Crippen LogP contribution in [-0.4, -0.2) is 96.7 Å². The molecule has 95 heavy (non-hydrogen) atoms. The van der Waals surface area contributed by atoms with E-state index in [1.54, 1.807) is 0 Å². The maximum Gasteiger partial charge on any atom is 0.472 e. The molecule has 0 saturated heterocycles. The van der Waals surface area contributed by atoms with Crippen molar-refractivity contribution in [2.45, 2.75) is 407 Å². The Bertz CT molecular complexity index is 1860. The zero-order valence-corrected chi connectivity index (χ0v) is 63.9. The monoisotopic (exact) mass is 1400 g/mol. The molecular weight excluding hydrogens is 1250 g/mol. The van der Waals surface area contributed by atoms with Crippen molar-refractivity contribution >= 4 is 39.5 Å². The van der Waals surface area contributed by atoms with E-state index in [9.17, 15) is 43.2 Å². The number of esters is 4. The lowest BCUT2D eigenvalue weighted by atomic mass is 9.99. The Hall–Kier alpha value is -1.94. The quantitative estimate of drug-likeness (QED) is 0.0222. The minimum atomic E-state index is -4.96. The highest BCUT2D eigenvalue weighted by Gasteiger charge is 2.30. The highest BCUT2D eigenvalue weighted by atomic mass is 31.2. The zero-order valence-electron chi connectivity index (χ0n) is 62.1. The molecule has 0 aromatic heterocycles. The van der Waals surface area contributed by atoms with Gasteiger partial charge in [0.2, 0.25) is 0 Å². The second-order valence-corrected chi connectivity index (χ2v) is 31.3. The lowest BCUT2D eigenvalue weighted by Gasteiger charge is -2.21. The number of phosphoric acid groups is 2. The number of unbranched alkanes of at least 4 members (excludes halogenated alkanes) is 40. The molecule has 564 valence electrons. The molecule has 0 aromatic rings. The summed E-state index contributed by atoms with van der Waals surface area (Å²) >= 11 is 0. The molecule has 0 heterocycles. The predicted molar refractivity (Wildman–Crippen MR) is 386 cm³/mol. The summed E-state index contributed by atoms with van der Waals surface area (Å²) in [4.78, 5) is 72.8. The molecule has 0 aliphatic rings. The van der Waals surface area contributed by atoms with Crippen LogP contribution >= 0.6 is 15.6 Å². The first kappa shape index (κ1) is 93.1. The Labute approximate surface area is 581 Å². The number of hydrogen-bond donors (Lipinski definition) is 3. The summed E-state index contributed by atoms with van der Waals surface area (Å²) in [7, 11) is -9.91. The number of carbonyl (C=O) groups excluding carboxylic acids is 4. The molecular formula is C76H148O17P2. The van der Waals surface area contributed by atoms with Gasteiger partial charge < -0.3 is 33.8 Å². The lowest BCUT2D eigenvalue weighted by molar-refractivity contribution is -0.161. The van der Waals surface area contributed by atoms with Crippen molar-refractivity contribution in [3.05, 3.63) is 0 Å². The molecule has 0 spiro atoms. The van der Waals surface area contributed by atoms with Gasteiger partial charge in [0.1, 0.15) is 19.3 Å². The van der Waals surface area contributed by atoms with Crippen LogP contribution in [0.5, 0.6) is 0 Å². The van der Waals surface area contributed by atoms with Crippen molar-refractivity contribution in [3.8, 4) is 0 Å². The summed E-state index contributed by atoms with van der Waals surface area (Å²) in [6, 6.07) is 0. The topological polar surface area (TPSA) is 237 Å². The summed E-state index contributed by atoms with van der Waals surface area (Å²) in [5, 5.41) is 10.6. The summed E-state index contributed by atoms with van der Waals surface area (Å²) in [6.45, 7) is 11.9. The van der Waals surface area contributed by atoms with Gasteiger partial charge in [-0.05, 0) is 43.4 Å². The van der Waals surface area contributed by atoms with Crippen LogP contribution in [0.4, 0.5) is 0 Å². The van der Waals surface area contributed by atoms with Gasteiger partial charge >= 0.3 is 39.5 Å². The molecule has 7 atom stereocenters. The van der Waals surface area contributed by atoms with E-state index in [0.717, 1.165) is 114 Å². The van der Waals surface area contributed by atoms with Crippen LogP contribution in [-0.2, 0) is 65.4 Å². The fourth-order valence-electron chi connectivity index (χ4n) is 11.5. The largest absolute Gasteiger partial charge is 0.472 e. The summed E-state index contributed by atoms with van der Waals surface area (Å²) in [6.07, 6.45) is 52.7. The van der Waals surface area contributed by atoms with Crippen LogP contribution in [0.2, 0.25) is 0 Å². The molecule has 0 rings (SSSR count). The van der Waals surface area contributed by atoms with Gasteiger partial charge in [0.05, 0.1) is 26.4 Å². The summed E-state index contributed by atoms with van der Waals surface area (Å²) < 4.78 is 68.5. The van der Waals surface area contributed by atoms with Crippen molar-refractivity contribution in [3.63, 3.8) is 0 Å². The van der Waals surface area contributed by atoms with E-state index in [1.807, 2.05) is 0 Å². The van der Waals surface area contributed by atoms with Crippen molar-refractivity contribution in [2.24, 2.45) is 17.8 Å². The molecule has 0 saturated carbocycles. The average Bonchev–Trinajstić information content (AvgIpc) is 1.46. The summed E-state index contributed by atoms with van der Waals surface area (Å²) in [5.41, 5.74) is 0. The number of ether oxygens (including phenoxy) is 4. The Balaban J connectivity index is 5.25. The van der Waals surface area contributed by atoms with E-state index >= 15 is 0 Å². The van der Waals surface area contributed by atoms with Gasteiger partial charge in [-0.1, -0.05) is 337 Å². The van der Waals surface area contributed by atoms with E-state index in [2.05, 4.69) is 48.5 Å². The molecule has 0 bridgehead atoms. The van der Waals surface area contributed by atoms with Crippen LogP contribution in [0.3, 0.4) is 0 Å². The molecule has 0 radical (unpaired) electrons. The van der Waals surface area contributed by atoms with Crippen LogP contribution in [0, 0.1) is 17.8 Å². The van der Waals surface area contributed by atoms with Crippen molar-refractivity contribution in [2.75, 3.05) is 39.6 Å². The summed E-state index contributed by atoms with van der Waals surface area (Å²) in [5.74, 6) is 0.194. The molecule has 17 nitrogen and oxygen atoms in total. The van der Waals surface area contributed by atoms with Crippen LogP contribution < -0.4 is 0 Å². The molecule has 0 aliphatic carbocycles. The van der Waals surface area contributed by atoms with Gasteiger partial charge in [0.25, 0.3) is 0 Å². The van der Waals surface area contributed by atoms with Gasteiger partial charge in [-0.2, -0.15) is 0 Å². The Kier molecular flexibility index (Phi) is 65.2. The van der Waals surface area contributed by atoms with Crippen LogP contribution in [0.25, 0.3) is 0 Å². The first-order valence-corrected chi connectivity index (χ1v) is 42.4. The highest BCUT2D eigenvalue weighted by Crippen LogP contribution is 2.45. The Morgan fingerprint density at radius 2 is 0.537 bits per heavy atom. The third kappa shape index (κ3) is 67.6. The minimum Gasteiger partial charge on any atom is -0.462 e. The van der Waals surface area contributed by atoms with Crippen molar-refractivity contribution in [1.82, 2.24) is 0 Å². The lowest BCUT2D eigenvalue weighted by Crippen LogP contribution is -2.30. The molecule has 0 aliphatic heterocycles. The molecule has 0 fully saturated rings. The fraction of sp³-hybridized carbons (Fsp3) is 0.947. The number of rotatable bonds is 74. The standard InChI is InChI=1S/C76H148O17P2/c1-8-11-12-13-14-15-16-17-18-22-25-30-35-43-50-57-73(78)86-63-71(92-75(80)59-52-45-36-31-26-23-20-19-21-24-29-34-41-48-55-68(6)9-2)65-90-94(82,83)88-61-70(77)62-89-95(84,85)91-66-72(64-87-74(79)58-51-44-39-38-42-49-56-69(7)10-3)93-76(81)60-53-46-37-32-27-28-33-40-47-54-67(4)5/h67-72,77H,8-66H2,1-7H3,(H,82,83)(H,84,85)/t68?,69?,70-,71-,72-/m1/s1. The number of aliphatic hydroxyl groups excluding tert-OH is 1. The van der Waals surface area contributed by atoms with E-state index < -0.39 is 97.5 Å². The third-order valence-corrected chi connectivity index (χ3v) is 20.3. The van der Waals surface area contributed by atoms with Crippen LogP contribution in [0.1, 0.15) is 389 Å². The first-order chi connectivity index (χ1) is 45.8. The third-order valence-electron chi connectivity index (χ3n) is 18.4. The number of aliphatic hydroxyl groups is 1. The molecule has 0 amide bonds. The zero-order chi connectivity index (χ0) is 70.1. The predicted octanol–water partition coefficient (Wildman–Crippen LogP) is 22.2. The minimum absolute atomic E-state index is 0.104. The van der Waals surface area contributed by atoms with Crippen molar-refractivity contribution in [1.29, 1.82) is 0 Å². The van der Waals surface area contributed by atoms with E-state index in [0.29, 0.717) is 25.7 Å². The Morgan fingerprint density at radius 1 is 0.305 bits per heavy atom. The van der Waals surface area contributed by atoms with Crippen molar-refractivity contribution < 1.29 is 80.2 Å². The van der Waals surface area contributed by atoms with Gasteiger partial charge in [-0.3, -0.25) is 37.3 Å². The second-order valence-electron chi connectivity index (χ2n) is 28.4. The molecule has 19 heteroatoms. The maximum atomic E-state index is 13.1. The number of phosphoric ester groups is 2. The van der Waals surface area contributed by atoms with Gasteiger partial charge in [0.15, 0.2) is 12.2 Å². The smallest absolute Gasteiger partial charge is 0.462 e. The van der Waals surface area contributed by atoms with E-state index in [-0.39, 0.29) is 25.7 Å². The van der Waals surface area contributed by atoms with E-state index in [1.165, 1.54) is 193 Å². The highest BCUT2D eigenvalue weighted by molar-refractivity contribution is 7.47. The average molecular weight is 1400 g/mol. The number of hydrogen-bond acceptors (Lipinski definition) is 15. The molecule has 0 aromatic carbocycles. The van der Waals surface area contributed by atoms with E-state index in [4.69, 9.17) is 37.0 Å². The second kappa shape index (κ2) is 66.6. The maximum absolute atomic E-state index is 13.1. The van der Waals surface area contributed by atoms with Crippen LogP contribution in [0.15, 0.2) is 0 Å². The molecule has 4 unspecified atom stereocenters. The Morgan fingerprint density at radius 3 is 0.800 bits per heavy atom. The van der Waals surface area contributed by atoms with Gasteiger partial charge in [-0.15, -0.1) is 0 Å². The van der Waals surface area contributed by atoms with Gasteiger partial charge in [-0.25, -0.2) is 9.13 Å². The SMILES string of the molecule is CCCCCCCCCCCCCCCCCC(=O)OC[C@H](COP(=O)(O)OC[C@@H](O)COP(=O)(O)OC[C@@H](COC(=O)CCCCCCCCC(C)CC)OC(=O)CCCCCCCCCCCC(C)C)OC(=O)CCCCCCCCCCCCCCCCC(C)CC. The molecule has 3 N–H and O–H groups in total.